The molecule has 2 aromatic carbocycles. The number of benzene rings is 2. The van der Waals surface area contributed by atoms with Crippen LogP contribution in [0.25, 0.3) is 0 Å². The summed E-state index contributed by atoms with van der Waals surface area (Å²) in [4.78, 5) is 21.2. The average molecular weight is 397 g/mol. The van der Waals surface area contributed by atoms with Gasteiger partial charge in [-0.05, 0) is 49.2 Å². The monoisotopic (exact) mass is 396 g/mol. The topological polar surface area (TPSA) is 76.1 Å². The third kappa shape index (κ3) is 5.20. The number of nitrogens with one attached hydrogen (secondary N) is 2. The molecule has 0 radical (unpaired) electrons. The van der Waals surface area contributed by atoms with Crippen molar-refractivity contribution in [2.24, 2.45) is 0 Å². The number of methoxy groups -OCH3 is 1. The van der Waals surface area contributed by atoms with Crippen LogP contribution in [-0.4, -0.2) is 29.5 Å². The predicted molar refractivity (Wildman–Crippen MR) is 111 cm³/mol. The molecule has 6 nitrogen and oxygen atoms in total. The van der Waals surface area contributed by atoms with Gasteiger partial charge in [-0.2, -0.15) is 0 Å². The van der Waals surface area contributed by atoms with Gasteiger partial charge in [0.2, 0.25) is 5.95 Å². The Bertz CT molecular complexity index is 978. The number of amides is 1. The molecule has 144 valence electrons. The molecule has 0 saturated carbocycles. The molecule has 3 aromatic rings. The number of rotatable bonds is 7. The first kappa shape index (κ1) is 19.6. The minimum Gasteiger partial charge on any atom is -0.496 e. The van der Waals surface area contributed by atoms with Crippen molar-refractivity contribution in [3.8, 4) is 5.75 Å². The van der Waals surface area contributed by atoms with Gasteiger partial charge in [-0.15, -0.1) is 0 Å². The van der Waals surface area contributed by atoms with E-state index >= 15 is 0 Å². The van der Waals surface area contributed by atoms with E-state index in [1.807, 2.05) is 31.2 Å². The number of carbonyl (C=O) groups excluding carboxylic acids is 1. The maximum atomic E-state index is 12.5. The van der Waals surface area contributed by atoms with E-state index in [9.17, 15) is 4.79 Å². The summed E-state index contributed by atoms with van der Waals surface area (Å²) in [6.07, 6.45) is 0.741. The van der Waals surface area contributed by atoms with Crippen molar-refractivity contribution >= 4 is 29.1 Å². The molecule has 0 aliphatic carbocycles. The zero-order valence-corrected chi connectivity index (χ0v) is 16.5. The van der Waals surface area contributed by atoms with Crippen molar-refractivity contribution in [2.75, 3.05) is 24.3 Å². The Hall–Kier alpha value is -3.12. The summed E-state index contributed by atoms with van der Waals surface area (Å²) in [5, 5.41) is 6.52. The van der Waals surface area contributed by atoms with Gasteiger partial charge >= 0.3 is 0 Å². The molecule has 0 aliphatic heterocycles. The molecule has 0 atom stereocenters. The quantitative estimate of drug-likeness (QED) is 0.620. The van der Waals surface area contributed by atoms with Crippen molar-refractivity contribution in [1.29, 1.82) is 0 Å². The summed E-state index contributed by atoms with van der Waals surface area (Å²) >= 11 is 5.96. The number of halogens is 1. The standard InChI is InChI=1S/C21H21ClN4O2/c1-14-12-18(20(27)25-17-8-5-7-16(22)13-17)26-21(24-14)23-11-10-15-6-3-4-9-19(15)28-2/h3-9,12-13H,10-11H2,1-2H3,(H,25,27)(H,23,24,26). The van der Waals surface area contributed by atoms with Crippen molar-refractivity contribution in [2.45, 2.75) is 13.3 Å². The van der Waals surface area contributed by atoms with Gasteiger partial charge in [-0.3, -0.25) is 4.79 Å². The fourth-order valence-electron chi connectivity index (χ4n) is 2.74. The van der Waals surface area contributed by atoms with Crippen LogP contribution in [0.4, 0.5) is 11.6 Å². The van der Waals surface area contributed by atoms with E-state index in [2.05, 4.69) is 20.6 Å². The zero-order valence-electron chi connectivity index (χ0n) is 15.7. The first-order valence-electron chi connectivity index (χ1n) is 8.83. The van der Waals surface area contributed by atoms with Gasteiger partial charge in [0.25, 0.3) is 5.91 Å². The Morgan fingerprint density at radius 2 is 1.93 bits per heavy atom. The van der Waals surface area contributed by atoms with Gasteiger partial charge in [0.05, 0.1) is 7.11 Å². The molecule has 0 aliphatic rings. The molecule has 0 saturated heterocycles. The second-order valence-corrected chi connectivity index (χ2v) is 6.61. The lowest BCUT2D eigenvalue weighted by Crippen LogP contribution is -2.17. The molecule has 28 heavy (non-hydrogen) atoms. The summed E-state index contributed by atoms with van der Waals surface area (Å²) in [7, 11) is 1.65. The highest BCUT2D eigenvalue weighted by Gasteiger charge is 2.11. The fourth-order valence-corrected chi connectivity index (χ4v) is 2.93. The molecule has 0 unspecified atom stereocenters. The minimum absolute atomic E-state index is 0.285. The Kier molecular flexibility index (Phi) is 6.45. The summed E-state index contributed by atoms with van der Waals surface area (Å²) in [5.74, 6) is 0.933. The van der Waals surface area contributed by atoms with Crippen LogP contribution in [0, 0.1) is 6.92 Å². The first-order valence-corrected chi connectivity index (χ1v) is 9.21. The largest absolute Gasteiger partial charge is 0.496 e. The number of carbonyl (C=O) groups is 1. The molecular weight excluding hydrogens is 376 g/mol. The normalized spacial score (nSPS) is 10.4. The van der Waals surface area contributed by atoms with E-state index in [1.165, 1.54) is 0 Å². The van der Waals surface area contributed by atoms with Gasteiger partial charge in [-0.25, -0.2) is 9.97 Å². The number of anilines is 2. The number of hydrogen-bond donors (Lipinski definition) is 2. The minimum atomic E-state index is -0.319. The Balaban J connectivity index is 1.66. The summed E-state index contributed by atoms with van der Waals surface area (Å²) in [6, 6.07) is 16.5. The summed E-state index contributed by atoms with van der Waals surface area (Å²) in [5.41, 5.74) is 2.68. The molecule has 1 aromatic heterocycles. The SMILES string of the molecule is COc1ccccc1CCNc1nc(C)cc(C(=O)Nc2cccc(Cl)c2)n1. The second kappa shape index (κ2) is 9.19. The third-order valence-electron chi connectivity index (χ3n) is 4.04. The maximum absolute atomic E-state index is 12.5. The molecule has 0 fully saturated rings. The van der Waals surface area contributed by atoms with E-state index in [-0.39, 0.29) is 11.6 Å². The lowest BCUT2D eigenvalue weighted by atomic mass is 10.1. The van der Waals surface area contributed by atoms with Crippen LogP contribution < -0.4 is 15.4 Å². The van der Waals surface area contributed by atoms with Crippen LogP contribution >= 0.6 is 11.6 Å². The fraction of sp³-hybridized carbons (Fsp3) is 0.190. The van der Waals surface area contributed by atoms with Crippen molar-refractivity contribution in [3.05, 3.63) is 76.6 Å². The van der Waals surface area contributed by atoms with E-state index in [0.717, 1.165) is 17.7 Å². The van der Waals surface area contributed by atoms with Crippen molar-refractivity contribution < 1.29 is 9.53 Å². The average Bonchev–Trinajstić information content (AvgIpc) is 2.68. The Morgan fingerprint density at radius 1 is 1.11 bits per heavy atom. The number of ether oxygens (including phenoxy) is 1. The number of aryl methyl sites for hydroxylation is 1. The molecule has 7 heteroatoms. The first-order chi connectivity index (χ1) is 13.5. The lowest BCUT2D eigenvalue weighted by Gasteiger charge is -2.10. The number of nitrogens with zero attached hydrogens (tertiary/aromatic N) is 2. The molecule has 2 N–H and O–H groups in total. The number of para-hydroxylation sites is 1. The highest BCUT2D eigenvalue weighted by Crippen LogP contribution is 2.18. The maximum Gasteiger partial charge on any atom is 0.274 e. The van der Waals surface area contributed by atoms with Crippen LogP contribution in [0.2, 0.25) is 5.02 Å². The third-order valence-corrected chi connectivity index (χ3v) is 4.27. The highest BCUT2D eigenvalue weighted by atomic mass is 35.5. The van der Waals surface area contributed by atoms with Crippen LogP contribution in [0.5, 0.6) is 5.75 Å². The van der Waals surface area contributed by atoms with E-state index in [4.69, 9.17) is 16.3 Å². The van der Waals surface area contributed by atoms with Crippen molar-refractivity contribution in [1.82, 2.24) is 9.97 Å². The van der Waals surface area contributed by atoms with Crippen LogP contribution in [0.1, 0.15) is 21.7 Å². The van der Waals surface area contributed by atoms with E-state index < -0.39 is 0 Å². The Labute approximate surface area is 168 Å². The molecule has 3 rings (SSSR count). The second-order valence-electron chi connectivity index (χ2n) is 6.17. The van der Waals surface area contributed by atoms with Crippen LogP contribution in [0.15, 0.2) is 54.6 Å². The Morgan fingerprint density at radius 3 is 2.71 bits per heavy atom. The van der Waals surface area contributed by atoms with Crippen molar-refractivity contribution in [3.63, 3.8) is 0 Å². The predicted octanol–water partition coefficient (Wildman–Crippen LogP) is 4.35. The number of hydrogen-bond acceptors (Lipinski definition) is 5. The van der Waals surface area contributed by atoms with E-state index in [0.29, 0.717) is 28.9 Å². The lowest BCUT2D eigenvalue weighted by molar-refractivity contribution is 0.102. The summed E-state index contributed by atoms with van der Waals surface area (Å²) in [6.45, 7) is 2.43. The van der Waals surface area contributed by atoms with E-state index in [1.54, 1.807) is 37.4 Å². The smallest absolute Gasteiger partial charge is 0.274 e. The highest BCUT2D eigenvalue weighted by molar-refractivity contribution is 6.30. The van der Waals surface area contributed by atoms with Crippen LogP contribution in [0.3, 0.4) is 0 Å². The zero-order chi connectivity index (χ0) is 19.9. The van der Waals surface area contributed by atoms with Gasteiger partial charge in [0.1, 0.15) is 11.4 Å². The molecule has 0 bridgehead atoms. The molecule has 1 amide bonds. The number of aromatic nitrogens is 2. The molecule has 0 spiro atoms. The molecule has 1 heterocycles. The van der Waals surface area contributed by atoms with Gasteiger partial charge in [0, 0.05) is 22.9 Å². The summed E-state index contributed by atoms with van der Waals surface area (Å²) < 4.78 is 5.36. The van der Waals surface area contributed by atoms with Gasteiger partial charge in [-0.1, -0.05) is 35.9 Å². The van der Waals surface area contributed by atoms with Gasteiger partial charge in [0.15, 0.2) is 0 Å². The van der Waals surface area contributed by atoms with Gasteiger partial charge < -0.3 is 15.4 Å². The molecular formula is C21H21ClN4O2. The van der Waals surface area contributed by atoms with Crippen LogP contribution in [-0.2, 0) is 6.42 Å².